The van der Waals surface area contributed by atoms with E-state index in [9.17, 15) is 24.5 Å². The normalized spacial score (nSPS) is 15.9. The minimum Gasteiger partial charge on any atom is -0.366 e. The molecular weight excluding hydrogens is 266 g/mol. The second kappa shape index (κ2) is 6.67. The number of hydrogen-bond donors (Lipinski definition) is 6. The molecule has 0 aromatic rings. The Labute approximate surface area is 104 Å². The molecule has 10 N–H and O–H groups in total. The topological polar surface area (TPSA) is 238 Å². The molecule has 1 aliphatic heterocycles. The average molecular weight is 277 g/mol. The molecule has 4 amide bonds. The third-order valence-corrected chi connectivity index (χ3v) is 1.58. The first-order valence-corrected chi connectivity index (χ1v) is 4.32. The molecule has 1 saturated heterocycles. The van der Waals surface area contributed by atoms with Crippen molar-refractivity contribution in [2.75, 3.05) is 0 Å². The van der Waals surface area contributed by atoms with Crippen molar-refractivity contribution < 1.29 is 19.3 Å². The van der Waals surface area contributed by atoms with Crippen molar-refractivity contribution in [3.63, 3.8) is 0 Å². The lowest BCUT2D eigenvalue weighted by atomic mass is 10.2. The fourth-order valence-corrected chi connectivity index (χ4v) is 0.769. The van der Waals surface area contributed by atoms with E-state index >= 15 is 0 Å². The Balaban J connectivity index is 0.000000399. The highest BCUT2D eigenvalue weighted by Gasteiger charge is 2.43. The third kappa shape index (κ3) is 4.79. The zero-order valence-corrected chi connectivity index (χ0v) is 9.27. The second-order valence-electron chi connectivity index (χ2n) is 2.89. The van der Waals surface area contributed by atoms with Crippen molar-refractivity contribution in [1.82, 2.24) is 15.8 Å². The smallest absolute Gasteiger partial charge is 0.366 e. The van der Waals surface area contributed by atoms with Crippen molar-refractivity contribution in [3.05, 3.63) is 10.1 Å². The molecule has 0 aromatic heterocycles. The number of carbonyl (C=O) groups excluding carboxylic acids is 3. The molecule has 0 aromatic carbocycles. The van der Waals surface area contributed by atoms with E-state index in [2.05, 4.69) is 10.9 Å². The SMILES string of the molecule is N/N=C(\N)N(N)N.O=C1NC(=O)C([N+](=O)[O-])C(=O)N1. The number of amides is 4. The van der Waals surface area contributed by atoms with Crippen LogP contribution in [0.15, 0.2) is 5.10 Å². The summed E-state index contributed by atoms with van der Waals surface area (Å²) in [6.45, 7) is 0. The van der Waals surface area contributed by atoms with Crippen molar-refractivity contribution in [2.24, 2.45) is 28.4 Å². The molecule has 1 heterocycles. The van der Waals surface area contributed by atoms with Gasteiger partial charge in [0.15, 0.2) is 0 Å². The minimum absolute atomic E-state index is 0.111. The Morgan fingerprint density at radius 1 is 1.26 bits per heavy atom. The molecule has 0 unspecified atom stereocenters. The van der Waals surface area contributed by atoms with E-state index in [1.54, 1.807) is 10.6 Å². The summed E-state index contributed by atoms with van der Waals surface area (Å²) in [4.78, 5) is 40.6. The number of nitrogens with two attached hydrogens (primary N) is 4. The maximum Gasteiger partial charge on any atom is 0.366 e. The molecule has 1 rings (SSSR count). The molecule has 0 radical (unpaired) electrons. The molecule has 0 bridgehead atoms. The van der Waals surface area contributed by atoms with Gasteiger partial charge in [0.05, 0.1) is 0 Å². The van der Waals surface area contributed by atoms with Crippen molar-refractivity contribution >= 4 is 23.8 Å². The fraction of sp³-hybridized carbons (Fsp3) is 0.200. The quantitative estimate of drug-likeness (QED) is 0.0667. The Morgan fingerprint density at radius 3 is 1.89 bits per heavy atom. The number of nitrogens with one attached hydrogen (secondary N) is 2. The van der Waals surface area contributed by atoms with E-state index in [0.29, 0.717) is 5.12 Å². The summed E-state index contributed by atoms with van der Waals surface area (Å²) >= 11 is 0. The Bertz CT molecular complexity index is 411. The predicted octanol–water partition coefficient (Wildman–Crippen LogP) is -4.78. The number of urea groups is 1. The van der Waals surface area contributed by atoms with Crippen LogP contribution in [0.1, 0.15) is 0 Å². The fourth-order valence-electron chi connectivity index (χ4n) is 0.769. The Morgan fingerprint density at radius 2 is 1.68 bits per heavy atom. The van der Waals surface area contributed by atoms with Gasteiger partial charge >= 0.3 is 23.9 Å². The third-order valence-electron chi connectivity index (χ3n) is 1.58. The maximum atomic E-state index is 10.6. The highest BCUT2D eigenvalue weighted by Crippen LogP contribution is 1.95. The van der Waals surface area contributed by atoms with Crippen LogP contribution >= 0.6 is 0 Å². The summed E-state index contributed by atoms with van der Waals surface area (Å²) in [5.41, 5.74) is 4.92. The van der Waals surface area contributed by atoms with Gasteiger partial charge in [-0.25, -0.2) is 21.6 Å². The molecule has 14 nitrogen and oxygen atoms in total. The second-order valence-corrected chi connectivity index (χ2v) is 2.89. The lowest BCUT2D eigenvalue weighted by molar-refractivity contribution is -0.494. The molecule has 0 atom stereocenters. The molecule has 1 fully saturated rings. The van der Waals surface area contributed by atoms with Crippen LogP contribution in [-0.2, 0) is 9.59 Å². The van der Waals surface area contributed by atoms with Crippen molar-refractivity contribution in [1.29, 1.82) is 0 Å². The summed E-state index contributed by atoms with van der Waals surface area (Å²) in [5.74, 6) is 11.7. The first kappa shape index (κ1) is 16.0. The van der Waals surface area contributed by atoms with E-state index in [1.807, 2.05) is 0 Å². The number of imide groups is 2. The van der Waals surface area contributed by atoms with Gasteiger partial charge < -0.3 is 11.6 Å². The summed E-state index contributed by atoms with van der Waals surface area (Å²) < 4.78 is 0. The number of carbonyl (C=O) groups is 3. The summed E-state index contributed by atoms with van der Waals surface area (Å²) in [6.07, 6.45) is 0. The number of barbiturate groups is 1. The van der Waals surface area contributed by atoms with Gasteiger partial charge in [-0.3, -0.25) is 30.3 Å². The number of hydrogen-bond acceptors (Lipinski definition) is 9. The largest absolute Gasteiger partial charge is 0.366 e. The van der Waals surface area contributed by atoms with Gasteiger partial charge in [0, 0.05) is 4.92 Å². The van der Waals surface area contributed by atoms with E-state index in [-0.39, 0.29) is 5.96 Å². The van der Waals surface area contributed by atoms with E-state index in [4.69, 9.17) is 17.4 Å². The zero-order valence-electron chi connectivity index (χ0n) is 9.27. The van der Waals surface area contributed by atoms with Crippen LogP contribution in [-0.4, -0.2) is 39.9 Å². The van der Waals surface area contributed by atoms with Crippen molar-refractivity contribution in [2.45, 2.75) is 6.04 Å². The van der Waals surface area contributed by atoms with Crippen LogP contribution in [0.4, 0.5) is 4.79 Å². The average Bonchev–Trinajstić information content (AvgIpc) is 2.26. The van der Waals surface area contributed by atoms with Crippen LogP contribution in [0.25, 0.3) is 0 Å². The minimum atomic E-state index is -2.03. The molecule has 0 saturated carbocycles. The molecule has 0 spiro atoms. The van der Waals surface area contributed by atoms with Crippen LogP contribution in [0.3, 0.4) is 0 Å². The Kier molecular flexibility index (Phi) is 5.61. The number of rotatable bonds is 1. The van der Waals surface area contributed by atoms with E-state index in [0.717, 1.165) is 0 Å². The molecule has 1 aliphatic rings. The number of hydrazine groups is 2. The van der Waals surface area contributed by atoms with E-state index in [1.165, 1.54) is 0 Å². The predicted molar refractivity (Wildman–Crippen MR) is 58.5 cm³/mol. The van der Waals surface area contributed by atoms with Crippen LogP contribution in [0.2, 0.25) is 0 Å². The van der Waals surface area contributed by atoms with E-state index < -0.39 is 28.8 Å². The van der Waals surface area contributed by atoms with Gasteiger partial charge in [-0.2, -0.15) is 0 Å². The zero-order chi connectivity index (χ0) is 15.2. The van der Waals surface area contributed by atoms with Gasteiger partial charge in [0.2, 0.25) is 5.96 Å². The summed E-state index contributed by atoms with van der Waals surface area (Å²) in [6, 6.07) is -3.06. The highest BCUT2D eigenvalue weighted by molar-refractivity contribution is 6.17. The monoisotopic (exact) mass is 277 g/mol. The number of guanidine groups is 1. The first-order valence-electron chi connectivity index (χ1n) is 4.32. The maximum absolute atomic E-state index is 10.6. The standard InChI is InChI=1S/C4H3N3O5.CH8N6/c8-2-1(7(11)12)3(9)6-4(10)5-2;2-1(6-3)7(4)5/h1H,(H2,5,6,8,9,10);3-5H2,(H2,2,6). The Hall–Kier alpha value is -3.00. The number of nitrogens with zero attached hydrogens (tertiary/aromatic N) is 3. The van der Waals surface area contributed by atoms with Crippen molar-refractivity contribution in [3.8, 4) is 0 Å². The van der Waals surface area contributed by atoms with Gasteiger partial charge in [-0.05, 0) is 0 Å². The molecule has 0 aliphatic carbocycles. The summed E-state index contributed by atoms with van der Waals surface area (Å²) in [7, 11) is 0. The van der Waals surface area contributed by atoms with Crippen LogP contribution < -0.4 is 33.9 Å². The van der Waals surface area contributed by atoms with Gasteiger partial charge in [-0.15, -0.1) is 5.10 Å². The number of hydrazone groups is 1. The lowest BCUT2D eigenvalue weighted by Gasteiger charge is -2.13. The molecule has 106 valence electrons. The van der Waals surface area contributed by atoms with Crippen LogP contribution in [0.5, 0.6) is 0 Å². The molecule has 14 heteroatoms. The molecule has 19 heavy (non-hydrogen) atoms. The van der Waals surface area contributed by atoms with Gasteiger partial charge in [0.1, 0.15) is 0 Å². The first-order chi connectivity index (χ1) is 8.70. The molecular formula is C5H11N9O5. The van der Waals surface area contributed by atoms with Crippen LogP contribution in [0, 0.1) is 10.1 Å². The lowest BCUT2D eigenvalue weighted by Crippen LogP contribution is -2.61. The summed E-state index contributed by atoms with van der Waals surface area (Å²) in [5, 5.41) is 16.8. The number of nitro groups is 1. The van der Waals surface area contributed by atoms with Gasteiger partial charge in [-0.1, -0.05) is 0 Å². The van der Waals surface area contributed by atoms with Gasteiger partial charge in [0.25, 0.3) is 0 Å². The highest BCUT2D eigenvalue weighted by atomic mass is 16.6.